The van der Waals surface area contributed by atoms with Gasteiger partial charge in [0.2, 0.25) is 0 Å². The first-order valence-electron chi connectivity index (χ1n) is 4.64. The van der Waals surface area contributed by atoms with Gasteiger partial charge in [-0.05, 0) is 12.1 Å². The Hall–Kier alpha value is -1.95. The van der Waals surface area contributed by atoms with E-state index in [0.29, 0.717) is 10.8 Å². The topological polar surface area (TPSA) is 66.9 Å². The van der Waals surface area contributed by atoms with Gasteiger partial charge >= 0.3 is 0 Å². The van der Waals surface area contributed by atoms with E-state index in [-0.39, 0.29) is 5.91 Å². The summed E-state index contributed by atoms with van der Waals surface area (Å²) in [7, 11) is 1.79. The molecule has 0 saturated carbocycles. The van der Waals surface area contributed by atoms with Crippen molar-refractivity contribution in [3.8, 4) is 0 Å². The number of pyridine rings is 1. The molecule has 0 saturated heterocycles. The van der Waals surface area contributed by atoms with Gasteiger partial charge in [0.25, 0.3) is 5.91 Å². The molecule has 6 heteroatoms. The number of hydrogen-bond donors (Lipinski definition) is 2. The standard InChI is InChI=1S/C10H10N4OS/c1-11-7-2-3-12-8(6-7)9(15)14-10-13-4-5-16-10/h2-6H,1H3,(H,11,12)(H,13,14,15). The van der Waals surface area contributed by atoms with E-state index in [4.69, 9.17) is 0 Å². The molecule has 0 aromatic carbocycles. The average molecular weight is 234 g/mol. The number of amides is 1. The van der Waals surface area contributed by atoms with Crippen LogP contribution in [0.2, 0.25) is 0 Å². The minimum Gasteiger partial charge on any atom is -0.388 e. The van der Waals surface area contributed by atoms with Crippen LogP contribution in [0.4, 0.5) is 10.8 Å². The molecule has 2 N–H and O–H groups in total. The second-order valence-corrected chi connectivity index (χ2v) is 3.87. The Kier molecular flexibility index (Phi) is 3.11. The molecule has 0 atom stereocenters. The van der Waals surface area contributed by atoms with E-state index in [0.717, 1.165) is 5.69 Å². The minimum atomic E-state index is -0.257. The van der Waals surface area contributed by atoms with E-state index in [2.05, 4.69) is 20.6 Å². The van der Waals surface area contributed by atoms with Crippen LogP contribution in [0.25, 0.3) is 0 Å². The fraction of sp³-hybridized carbons (Fsp3) is 0.100. The Morgan fingerprint density at radius 3 is 2.94 bits per heavy atom. The summed E-state index contributed by atoms with van der Waals surface area (Å²) in [4.78, 5) is 19.7. The third-order valence-corrected chi connectivity index (χ3v) is 2.62. The molecule has 0 bridgehead atoms. The van der Waals surface area contributed by atoms with E-state index in [1.165, 1.54) is 11.3 Å². The molecule has 2 aromatic rings. The lowest BCUT2D eigenvalue weighted by Crippen LogP contribution is -2.13. The van der Waals surface area contributed by atoms with Gasteiger partial charge < -0.3 is 5.32 Å². The SMILES string of the molecule is CNc1ccnc(C(=O)Nc2nccs2)c1. The Morgan fingerprint density at radius 2 is 2.25 bits per heavy atom. The van der Waals surface area contributed by atoms with E-state index in [1.807, 2.05) is 0 Å². The largest absolute Gasteiger partial charge is 0.388 e. The van der Waals surface area contributed by atoms with Crippen molar-refractivity contribution in [3.63, 3.8) is 0 Å². The van der Waals surface area contributed by atoms with Gasteiger partial charge in [-0.2, -0.15) is 0 Å². The highest BCUT2D eigenvalue weighted by Crippen LogP contribution is 2.13. The lowest BCUT2D eigenvalue weighted by atomic mass is 10.3. The lowest BCUT2D eigenvalue weighted by molar-refractivity contribution is 0.102. The molecule has 2 heterocycles. The summed E-state index contributed by atoms with van der Waals surface area (Å²) in [6, 6.07) is 3.48. The lowest BCUT2D eigenvalue weighted by Gasteiger charge is -2.03. The van der Waals surface area contributed by atoms with Crippen molar-refractivity contribution < 1.29 is 4.79 Å². The fourth-order valence-electron chi connectivity index (χ4n) is 1.16. The number of aromatic nitrogens is 2. The number of carbonyl (C=O) groups is 1. The molecular weight excluding hydrogens is 224 g/mol. The molecule has 0 radical (unpaired) electrons. The second-order valence-electron chi connectivity index (χ2n) is 2.97. The summed E-state index contributed by atoms with van der Waals surface area (Å²) >= 11 is 1.37. The number of hydrogen-bond acceptors (Lipinski definition) is 5. The van der Waals surface area contributed by atoms with Crippen LogP contribution in [0.3, 0.4) is 0 Å². The Morgan fingerprint density at radius 1 is 1.38 bits per heavy atom. The van der Waals surface area contributed by atoms with Crippen molar-refractivity contribution in [3.05, 3.63) is 35.6 Å². The summed E-state index contributed by atoms with van der Waals surface area (Å²) < 4.78 is 0. The monoisotopic (exact) mass is 234 g/mol. The predicted molar refractivity (Wildman–Crippen MR) is 63.9 cm³/mol. The van der Waals surface area contributed by atoms with E-state index >= 15 is 0 Å². The molecular formula is C10H10N4OS. The van der Waals surface area contributed by atoms with Crippen molar-refractivity contribution >= 4 is 28.1 Å². The van der Waals surface area contributed by atoms with E-state index < -0.39 is 0 Å². The van der Waals surface area contributed by atoms with Gasteiger partial charge in [-0.3, -0.25) is 15.1 Å². The number of nitrogens with one attached hydrogen (secondary N) is 2. The smallest absolute Gasteiger partial charge is 0.276 e. The summed E-state index contributed by atoms with van der Waals surface area (Å²) in [6.45, 7) is 0. The number of carbonyl (C=O) groups excluding carboxylic acids is 1. The van der Waals surface area contributed by atoms with Gasteiger partial charge in [0.05, 0.1) is 0 Å². The number of thiazole rings is 1. The molecule has 2 rings (SSSR count). The van der Waals surface area contributed by atoms with Gasteiger partial charge in [-0.1, -0.05) is 0 Å². The molecule has 2 aromatic heterocycles. The van der Waals surface area contributed by atoms with E-state index in [9.17, 15) is 4.79 Å². The van der Waals surface area contributed by atoms with Crippen LogP contribution < -0.4 is 10.6 Å². The molecule has 16 heavy (non-hydrogen) atoms. The van der Waals surface area contributed by atoms with Crippen molar-refractivity contribution in [2.24, 2.45) is 0 Å². The molecule has 0 fully saturated rings. The maximum Gasteiger partial charge on any atom is 0.276 e. The first-order chi connectivity index (χ1) is 7.79. The van der Waals surface area contributed by atoms with Crippen LogP contribution >= 0.6 is 11.3 Å². The zero-order valence-electron chi connectivity index (χ0n) is 8.60. The average Bonchev–Trinajstić information content (AvgIpc) is 2.82. The molecule has 0 aliphatic carbocycles. The highest BCUT2D eigenvalue weighted by Gasteiger charge is 2.08. The minimum absolute atomic E-state index is 0.257. The van der Waals surface area contributed by atoms with Crippen molar-refractivity contribution in [1.29, 1.82) is 0 Å². The molecule has 5 nitrogen and oxygen atoms in total. The summed E-state index contributed by atoms with van der Waals surface area (Å²) in [5.41, 5.74) is 1.21. The zero-order chi connectivity index (χ0) is 11.4. The highest BCUT2D eigenvalue weighted by atomic mass is 32.1. The first-order valence-corrected chi connectivity index (χ1v) is 5.52. The van der Waals surface area contributed by atoms with Gasteiger partial charge in [-0.15, -0.1) is 11.3 Å². The third kappa shape index (κ3) is 2.34. The summed E-state index contributed by atoms with van der Waals surface area (Å²) in [5.74, 6) is -0.257. The van der Waals surface area contributed by atoms with Gasteiger partial charge in [0.1, 0.15) is 5.69 Å². The highest BCUT2D eigenvalue weighted by molar-refractivity contribution is 7.13. The fourth-order valence-corrected chi connectivity index (χ4v) is 1.68. The Labute approximate surface area is 96.6 Å². The molecule has 0 spiro atoms. The van der Waals surface area contributed by atoms with Crippen LogP contribution in [0, 0.1) is 0 Å². The van der Waals surface area contributed by atoms with Crippen LogP contribution in [0.1, 0.15) is 10.5 Å². The van der Waals surface area contributed by atoms with Crippen molar-refractivity contribution in [2.75, 3.05) is 17.7 Å². The maximum atomic E-state index is 11.7. The Balaban J connectivity index is 2.14. The predicted octanol–water partition coefficient (Wildman–Crippen LogP) is 1.83. The zero-order valence-corrected chi connectivity index (χ0v) is 9.41. The number of anilines is 2. The second kappa shape index (κ2) is 4.71. The maximum absolute atomic E-state index is 11.7. The molecule has 0 unspecified atom stereocenters. The molecule has 0 aliphatic heterocycles. The molecule has 82 valence electrons. The summed E-state index contributed by atoms with van der Waals surface area (Å²) in [6.07, 6.45) is 3.22. The summed E-state index contributed by atoms with van der Waals surface area (Å²) in [5, 5.41) is 7.99. The van der Waals surface area contributed by atoms with Crippen LogP contribution in [-0.4, -0.2) is 22.9 Å². The quantitative estimate of drug-likeness (QED) is 0.850. The third-order valence-electron chi connectivity index (χ3n) is 1.93. The number of nitrogens with zero attached hydrogens (tertiary/aromatic N) is 2. The van der Waals surface area contributed by atoms with Crippen molar-refractivity contribution in [1.82, 2.24) is 9.97 Å². The van der Waals surface area contributed by atoms with Crippen LogP contribution in [0.15, 0.2) is 29.9 Å². The molecule has 0 aliphatic rings. The van der Waals surface area contributed by atoms with Gasteiger partial charge in [0.15, 0.2) is 5.13 Å². The van der Waals surface area contributed by atoms with Crippen LogP contribution in [-0.2, 0) is 0 Å². The number of rotatable bonds is 3. The van der Waals surface area contributed by atoms with Crippen LogP contribution in [0.5, 0.6) is 0 Å². The Bertz CT molecular complexity index is 483. The first kappa shape index (κ1) is 10.6. The molecule has 1 amide bonds. The van der Waals surface area contributed by atoms with Crippen molar-refractivity contribution in [2.45, 2.75) is 0 Å². The van der Waals surface area contributed by atoms with Gasteiger partial charge in [0, 0.05) is 30.5 Å². The normalized spacial score (nSPS) is 9.81. The van der Waals surface area contributed by atoms with Gasteiger partial charge in [-0.25, -0.2) is 4.98 Å². The van der Waals surface area contributed by atoms with E-state index in [1.54, 1.807) is 37.0 Å².